The van der Waals surface area contributed by atoms with Crippen LogP contribution in [0.5, 0.6) is 0 Å². The van der Waals surface area contributed by atoms with Crippen LogP contribution < -0.4 is 5.73 Å². The minimum atomic E-state index is 0.498. The summed E-state index contributed by atoms with van der Waals surface area (Å²) in [7, 11) is 0. The highest BCUT2D eigenvalue weighted by Gasteiger charge is 2.10. The van der Waals surface area contributed by atoms with E-state index in [1.54, 1.807) is 0 Å². The van der Waals surface area contributed by atoms with Crippen molar-refractivity contribution in [2.24, 2.45) is 5.73 Å². The van der Waals surface area contributed by atoms with Crippen molar-refractivity contribution in [3.8, 4) is 0 Å². The maximum Gasteiger partial charge on any atom is 0.212 e. The Kier molecular flexibility index (Phi) is 2.05. The van der Waals surface area contributed by atoms with Crippen LogP contribution in [0.2, 0.25) is 0 Å². The fourth-order valence-electron chi connectivity index (χ4n) is 1.94. The normalized spacial score (nSPS) is 11.7. The van der Waals surface area contributed by atoms with Gasteiger partial charge in [-0.1, -0.05) is 0 Å². The summed E-state index contributed by atoms with van der Waals surface area (Å²) in [6.45, 7) is 2.57. The smallest absolute Gasteiger partial charge is 0.212 e. The van der Waals surface area contributed by atoms with Crippen LogP contribution in [0.3, 0.4) is 0 Å². The maximum atomic E-state index is 5.60. The SMILES string of the molecule is Cc1cc(Br)c2nc3[nH]c(CN)cn3c2c1. The van der Waals surface area contributed by atoms with Crippen molar-refractivity contribution in [2.45, 2.75) is 13.5 Å². The van der Waals surface area contributed by atoms with E-state index in [9.17, 15) is 0 Å². The number of hydrogen-bond acceptors (Lipinski definition) is 2. The van der Waals surface area contributed by atoms with E-state index in [0.29, 0.717) is 6.54 Å². The van der Waals surface area contributed by atoms with Crippen molar-refractivity contribution in [2.75, 3.05) is 0 Å². The van der Waals surface area contributed by atoms with Crippen molar-refractivity contribution in [1.82, 2.24) is 14.4 Å². The molecule has 0 fully saturated rings. The van der Waals surface area contributed by atoms with E-state index in [2.05, 4.69) is 45.0 Å². The number of nitrogens with one attached hydrogen (secondary N) is 1. The van der Waals surface area contributed by atoms with Gasteiger partial charge in [-0.05, 0) is 40.5 Å². The molecule has 16 heavy (non-hydrogen) atoms. The summed E-state index contributed by atoms with van der Waals surface area (Å²) in [4.78, 5) is 7.72. The van der Waals surface area contributed by atoms with Crippen molar-refractivity contribution in [3.05, 3.63) is 34.1 Å². The molecule has 0 aliphatic rings. The van der Waals surface area contributed by atoms with Crippen molar-refractivity contribution < 1.29 is 0 Å². The van der Waals surface area contributed by atoms with Crippen LogP contribution >= 0.6 is 15.9 Å². The Morgan fingerprint density at radius 2 is 2.31 bits per heavy atom. The first-order chi connectivity index (χ1) is 7.69. The van der Waals surface area contributed by atoms with Gasteiger partial charge in [0, 0.05) is 22.9 Å². The summed E-state index contributed by atoms with van der Waals surface area (Å²) in [5.41, 5.74) is 9.86. The number of benzene rings is 1. The number of hydrogen-bond donors (Lipinski definition) is 2. The maximum absolute atomic E-state index is 5.60. The third kappa shape index (κ3) is 1.28. The Bertz CT molecular complexity index is 680. The van der Waals surface area contributed by atoms with Crippen LogP contribution in [-0.4, -0.2) is 14.4 Å². The molecule has 0 aliphatic heterocycles. The fourth-order valence-corrected chi connectivity index (χ4v) is 2.59. The second-order valence-corrected chi connectivity index (χ2v) is 4.76. The molecule has 0 bridgehead atoms. The van der Waals surface area contributed by atoms with Gasteiger partial charge in [-0.15, -0.1) is 0 Å². The van der Waals surface area contributed by atoms with E-state index in [-0.39, 0.29) is 0 Å². The van der Waals surface area contributed by atoms with Crippen molar-refractivity contribution >= 4 is 32.7 Å². The van der Waals surface area contributed by atoms with Crippen LogP contribution in [-0.2, 0) is 6.54 Å². The number of aromatic amines is 1. The van der Waals surface area contributed by atoms with E-state index in [1.807, 2.05) is 10.6 Å². The number of imidazole rings is 2. The number of rotatable bonds is 1. The average molecular weight is 279 g/mol. The molecule has 3 rings (SSSR count). The number of aryl methyl sites for hydroxylation is 1. The lowest BCUT2D eigenvalue weighted by molar-refractivity contribution is 1.01. The largest absolute Gasteiger partial charge is 0.326 e. The van der Waals surface area contributed by atoms with Crippen molar-refractivity contribution in [1.29, 1.82) is 0 Å². The Morgan fingerprint density at radius 1 is 1.50 bits per heavy atom. The quantitative estimate of drug-likeness (QED) is 0.718. The molecule has 0 aliphatic carbocycles. The molecule has 0 saturated carbocycles. The number of nitrogens with two attached hydrogens (primary N) is 1. The van der Waals surface area contributed by atoms with Crippen LogP contribution in [0, 0.1) is 6.92 Å². The highest BCUT2D eigenvalue weighted by Crippen LogP contribution is 2.26. The topological polar surface area (TPSA) is 59.1 Å². The van der Waals surface area contributed by atoms with Gasteiger partial charge in [-0.2, -0.15) is 0 Å². The lowest BCUT2D eigenvalue weighted by Crippen LogP contribution is -1.95. The van der Waals surface area contributed by atoms with Gasteiger partial charge >= 0.3 is 0 Å². The Labute approximate surface area is 101 Å². The number of H-pyrrole nitrogens is 1. The first-order valence-corrected chi connectivity index (χ1v) is 5.84. The first kappa shape index (κ1) is 9.86. The monoisotopic (exact) mass is 278 g/mol. The van der Waals surface area contributed by atoms with E-state index < -0.39 is 0 Å². The van der Waals surface area contributed by atoms with Gasteiger partial charge < -0.3 is 10.7 Å². The minimum absolute atomic E-state index is 0.498. The molecule has 3 aromatic rings. The van der Waals surface area contributed by atoms with Gasteiger partial charge in [0.15, 0.2) is 0 Å². The second-order valence-electron chi connectivity index (χ2n) is 3.90. The third-order valence-electron chi connectivity index (χ3n) is 2.67. The Hall–Kier alpha value is -1.33. The highest BCUT2D eigenvalue weighted by molar-refractivity contribution is 9.10. The molecule has 4 nitrogen and oxygen atoms in total. The second kappa shape index (κ2) is 3.33. The minimum Gasteiger partial charge on any atom is -0.326 e. The molecule has 0 unspecified atom stereocenters. The van der Waals surface area contributed by atoms with E-state index in [0.717, 1.165) is 27.0 Å². The first-order valence-electron chi connectivity index (χ1n) is 5.05. The van der Waals surface area contributed by atoms with Crippen molar-refractivity contribution in [3.63, 3.8) is 0 Å². The number of halogens is 1. The van der Waals surface area contributed by atoms with Gasteiger partial charge in [-0.25, -0.2) is 4.98 Å². The molecule has 1 aromatic carbocycles. The zero-order chi connectivity index (χ0) is 11.3. The Balaban J connectivity index is 2.45. The van der Waals surface area contributed by atoms with E-state index in [1.165, 1.54) is 5.56 Å². The molecule has 0 spiro atoms. The van der Waals surface area contributed by atoms with Gasteiger partial charge in [-0.3, -0.25) is 4.40 Å². The van der Waals surface area contributed by atoms with Gasteiger partial charge in [0.25, 0.3) is 0 Å². The molecule has 3 N–H and O–H groups in total. The zero-order valence-corrected chi connectivity index (χ0v) is 10.4. The van der Waals surface area contributed by atoms with E-state index in [4.69, 9.17) is 5.73 Å². The molecular formula is C11H11BrN4. The third-order valence-corrected chi connectivity index (χ3v) is 3.27. The van der Waals surface area contributed by atoms with Gasteiger partial charge in [0.2, 0.25) is 5.78 Å². The molecule has 2 aromatic heterocycles. The summed E-state index contributed by atoms with van der Waals surface area (Å²) in [5.74, 6) is 0.835. The van der Waals surface area contributed by atoms with Gasteiger partial charge in [0.05, 0.1) is 5.52 Å². The van der Waals surface area contributed by atoms with Crippen LogP contribution in [0.25, 0.3) is 16.8 Å². The molecule has 5 heteroatoms. The standard InChI is InChI=1S/C11H11BrN4/c1-6-2-8(12)10-9(3-6)16-5-7(4-13)14-11(16)15-10/h2-3,5H,4,13H2,1H3,(H,14,15). The van der Waals surface area contributed by atoms with E-state index >= 15 is 0 Å². The number of nitrogens with zero attached hydrogens (tertiary/aromatic N) is 2. The van der Waals surface area contributed by atoms with Gasteiger partial charge in [0.1, 0.15) is 5.52 Å². The predicted octanol–water partition coefficient (Wildman–Crippen LogP) is 2.35. The predicted molar refractivity (Wildman–Crippen MR) is 67.4 cm³/mol. The summed E-state index contributed by atoms with van der Waals surface area (Å²) in [6, 6.07) is 4.19. The molecule has 0 saturated heterocycles. The Morgan fingerprint density at radius 3 is 3.06 bits per heavy atom. The molecule has 2 heterocycles. The molecule has 0 amide bonds. The molecule has 0 radical (unpaired) electrons. The molecule has 82 valence electrons. The summed E-state index contributed by atoms with van der Waals surface area (Å²) < 4.78 is 3.06. The van der Waals surface area contributed by atoms with Crippen LogP contribution in [0.1, 0.15) is 11.3 Å². The summed E-state index contributed by atoms with van der Waals surface area (Å²) >= 11 is 3.53. The summed E-state index contributed by atoms with van der Waals surface area (Å²) in [5, 5.41) is 0. The summed E-state index contributed by atoms with van der Waals surface area (Å²) in [6.07, 6.45) is 2.00. The van der Waals surface area contributed by atoms with Crippen LogP contribution in [0.15, 0.2) is 22.8 Å². The number of fused-ring (bicyclic) bond motifs is 3. The fraction of sp³-hybridized carbons (Fsp3) is 0.182. The number of aromatic nitrogens is 3. The lowest BCUT2D eigenvalue weighted by Gasteiger charge is -1.96. The lowest BCUT2D eigenvalue weighted by atomic mass is 10.2. The average Bonchev–Trinajstić information content (AvgIpc) is 2.76. The molecule has 0 atom stereocenters. The zero-order valence-electron chi connectivity index (χ0n) is 8.79. The molecular weight excluding hydrogens is 268 g/mol. The highest BCUT2D eigenvalue weighted by atomic mass is 79.9. The van der Waals surface area contributed by atoms with Crippen LogP contribution in [0.4, 0.5) is 0 Å².